The summed E-state index contributed by atoms with van der Waals surface area (Å²) in [6, 6.07) is 4.35. The molecule has 1 aliphatic carbocycles. The first-order valence-electron chi connectivity index (χ1n) is 12.9. The lowest BCUT2D eigenvalue weighted by molar-refractivity contribution is -0.149. The van der Waals surface area contributed by atoms with Gasteiger partial charge >= 0.3 is 12.1 Å². The number of ether oxygens (including phenoxy) is 2. The number of carbonyl (C=O) groups is 1. The molecule has 0 aromatic heterocycles. The second kappa shape index (κ2) is 15.4. The van der Waals surface area contributed by atoms with Crippen LogP contribution in [0, 0.1) is 17.3 Å². The minimum absolute atomic E-state index is 0.0290. The summed E-state index contributed by atoms with van der Waals surface area (Å²) < 4.78 is 48.9. The number of aliphatic hydroxyl groups excluding tert-OH is 5. The number of rotatable bonds is 15. The second-order valence-electron chi connectivity index (χ2n) is 10.3. The predicted octanol–water partition coefficient (Wildman–Crippen LogP) is 3.01. The number of hydrogen-bond donors (Lipinski definition) is 5. The number of alkyl halides is 3. The number of allylic oxidation sites excluding steroid dienone is 2. The number of benzene rings is 1. The van der Waals surface area contributed by atoms with Crippen molar-refractivity contribution in [3.63, 3.8) is 0 Å². The molecule has 0 aliphatic heterocycles. The summed E-state index contributed by atoms with van der Waals surface area (Å²) in [5.74, 6) is -1.19. The third-order valence-electron chi connectivity index (χ3n) is 6.73. The van der Waals surface area contributed by atoms with Gasteiger partial charge in [-0.3, -0.25) is 4.79 Å². The van der Waals surface area contributed by atoms with Crippen molar-refractivity contribution in [1.29, 1.82) is 0 Å². The summed E-state index contributed by atoms with van der Waals surface area (Å²) in [4.78, 5) is 11.8. The Morgan fingerprint density at radius 1 is 1.15 bits per heavy atom. The molecule has 0 saturated heterocycles. The minimum atomic E-state index is -4.50. The van der Waals surface area contributed by atoms with Gasteiger partial charge in [-0.05, 0) is 43.4 Å². The van der Waals surface area contributed by atoms with Gasteiger partial charge in [0.2, 0.25) is 0 Å². The molecule has 220 valence electrons. The lowest BCUT2D eigenvalue weighted by Crippen LogP contribution is -2.32. The van der Waals surface area contributed by atoms with Gasteiger partial charge in [-0.25, -0.2) is 0 Å². The van der Waals surface area contributed by atoms with Crippen LogP contribution in [0.2, 0.25) is 0 Å². The number of unbranched alkanes of at least 4 members (excludes halogenated alkanes) is 1. The summed E-state index contributed by atoms with van der Waals surface area (Å²) in [7, 11) is 0. The van der Waals surface area contributed by atoms with Crippen LogP contribution in [0.4, 0.5) is 13.2 Å². The van der Waals surface area contributed by atoms with Crippen molar-refractivity contribution < 1.29 is 53.0 Å². The molecule has 5 N–H and O–H groups in total. The van der Waals surface area contributed by atoms with Gasteiger partial charge in [0, 0.05) is 24.2 Å². The van der Waals surface area contributed by atoms with Crippen LogP contribution in [-0.2, 0) is 15.7 Å². The van der Waals surface area contributed by atoms with Crippen LogP contribution in [0.5, 0.6) is 5.75 Å². The van der Waals surface area contributed by atoms with Crippen molar-refractivity contribution in [2.45, 2.75) is 63.5 Å². The van der Waals surface area contributed by atoms with Crippen molar-refractivity contribution in [3.8, 4) is 5.75 Å². The number of carbonyl (C=O) groups excluding carboxylic acids is 1. The van der Waals surface area contributed by atoms with E-state index in [1.807, 2.05) is 12.2 Å². The van der Waals surface area contributed by atoms with E-state index in [-0.39, 0.29) is 50.9 Å². The van der Waals surface area contributed by atoms with Crippen molar-refractivity contribution in [2.75, 3.05) is 26.4 Å². The first kappa shape index (κ1) is 32.8. The van der Waals surface area contributed by atoms with E-state index in [0.717, 1.165) is 12.1 Å². The summed E-state index contributed by atoms with van der Waals surface area (Å²) >= 11 is 0. The second-order valence-corrected chi connectivity index (χ2v) is 10.3. The maximum absolute atomic E-state index is 12.8. The molecule has 2 rings (SSSR count). The topological polar surface area (TPSA) is 137 Å². The monoisotopic (exact) mass is 560 g/mol. The maximum Gasteiger partial charge on any atom is 0.416 e. The fourth-order valence-electron chi connectivity index (χ4n) is 4.17. The van der Waals surface area contributed by atoms with Gasteiger partial charge < -0.3 is 35.0 Å². The summed E-state index contributed by atoms with van der Waals surface area (Å²) in [5, 5.41) is 49.4. The first-order valence-corrected chi connectivity index (χ1v) is 12.9. The van der Waals surface area contributed by atoms with Gasteiger partial charge in [0.25, 0.3) is 0 Å². The molecule has 5 atom stereocenters. The van der Waals surface area contributed by atoms with E-state index in [0.29, 0.717) is 19.3 Å². The summed E-state index contributed by atoms with van der Waals surface area (Å²) in [6.45, 7) is 0.649. The Bertz CT molecular complexity index is 945. The lowest BCUT2D eigenvalue weighted by atomic mass is 9.89. The fourth-order valence-corrected chi connectivity index (χ4v) is 4.17. The Morgan fingerprint density at radius 3 is 2.54 bits per heavy atom. The highest BCUT2D eigenvalue weighted by atomic mass is 19.4. The van der Waals surface area contributed by atoms with Crippen LogP contribution in [0.1, 0.15) is 44.6 Å². The zero-order valence-electron chi connectivity index (χ0n) is 22.0. The van der Waals surface area contributed by atoms with Crippen LogP contribution in [-0.4, -0.2) is 76.2 Å². The Balaban J connectivity index is 1.78. The Labute approximate surface area is 226 Å². The van der Waals surface area contributed by atoms with Crippen LogP contribution in [0.25, 0.3) is 0 Å². The molecule has 0 unspecified atom stereocenters. The predicted molar refractivity (Wildman–Crippen MR) is 137 cm³/mol. The third-order valence-corrected chi connectivity index (χ3v) is 6.73. The normalized spacial score (nSPS) is 23.0. The number of esters is 1. The quantitative estimate of drug-likeness (QED) is 0.126. The third kappa shape index (κ3) is 10.9. The largest absolute Gasteiger partial charge is 0.491 e. The molecule has 39 heavy (non-hydrogen) atoms. The number of aliphatic hydroxyl groups is 5. The molecule has 1 aromatic carbocycles. The summed E-state index contributed by atoms with van der Waals surface area (Å²) in [6.07, 6.45) is 1.46. The van der Waals surface area contributed by atoms with Crippen molar-refractivity contribution in [1.82, 2.24) is 0 Å². The highest BCUT2D eigenvalue weighted by Crippen LogP contribution is 2.36. The van der Waals surface area contributed by atoms with E-state index >= 15 is 0 Å². The van der Waals surface area contributed by atoms with Gasteiger partial charge in [0.1, 0.15) is 25.1 Å². The van der Waals surface area contributed by atoms with Gasteiger partial charge in [0.05, 0.1) is 31.0 Å². The highest BCUT2D eigenvalue weighted by Gasteiger charge is 2.39. The molecule has 1 aliphatic rings. The SMILES string of the molecule is CC(CO)(CO)COC(=O)CCC/C=C\C[C@@H]1[C@@H](/C=C/[C@H](O)COc2cccc(C(F)(F)F)c2)[C@H](O)C[C@@H]1O. The molecule has 8 nitrogen and oxygen atoms in total. The van der Waals surface area contributed by atoms with Gasteiger partial charge in [-0.1, -0.05) is 37.3 Å². The molecular formula is C28H39F3O8. The van der Waals surface area contributed by atoms with Crippen LogP contribution in [0.15, 0.2) is 48.6 Å². The van der Waals surface area contributed by atoms with Crippen LogP contribution in [0.3, 0.4) is 0 Å². The van der Waals surface area contributed by atoms with Gasteiger partial charge in [0.15, 0.2) is 0 Å². The first-order chi connectivity index (χ1) is 18.4. The molecule has 0 spiro atoms. The number of halogens is 3. The average Bonchev–Trinajstić information content (AvgIpc) is 3.17. The zero-order valence-corrected chi connectivity index (χ0v) is 22.0. The average molecular weight is 561 g/mol. The van der Waals surface area contributed by atoms with E-state index < -0.39 is 47.4 Å². The molecular weight excluding hydrogens is 521 g/mol. The van der Waals surface area contributed by atoms with E-state index in [1.165, 1.54) is 18.2 Å². The lowest BCUT2D eigenvalue weighted by Gasteiger charge is -2.23. The highest BCUT2D eigenvalue weighted by molar-refractivity contribution is 5.69. The van der Waals surface area contributed by atoms with Gasteiger partial charge in [-0.15, -0.1) is 0 Å². The van der Waals surface area contributed by atoms with Crippen LogP contribution < -0.4 is 4.74 Å². The Morgan fingerprint density at radius 2 is 1.87 bits per heavy atom. The summed E-state index contributed by atoms with van der Waals surface area (Å²) in [5.41, 5.74) is -1.73. The van der Waals surface area contributed by atoms with E-state index in [9.17, 15) is 43.5 Å². The standard InChI is InChI=1S/C28H39F3O8/c1-27(16-32,17-33)18-39-26(37)10-5-3-2-4-9-22-23(25(36)14-24(22)35)12-11-20(34)15-38-21-8-6-7-19(13-21)28(29,30)31/h2,4,6-8,11-13,20,22-25,32-36H,3,5,9-10,14-18H2,1H3/b4-2-,12-11+/t20-,22+,23+,24-,25+/m0/s1. The van der Waals surface area contributed by atoms with Crippen molar-refractivity contribution in [3.05, 3.63) is 54.1 Å². The van der Waals surface area contributed by atoms with E-state index in [2.05, 4.69) is 0 Å². The van der Waals surface area contributed by atoms with Crippen molar-refractivity contribution >= 4 is 5.97 Å². The fraction of sp³-hybridized carbons (Fsp3) is 0.607. The molecule has 11 heteroatoms. The number of hydrogen-bond acceptors (Lipinski definition) is 8. The molecule has 0 amide bonds. The molecule has 1 fully saturated rings. The smallest absolute Gasteiger partial charge is 0.416 e. The van der Waals surface area contributed by atoms with E-state index in [4.69, 9.17) is 9.47 Å². The van der Waals surface area contributed by atoms with Gasteiger partial charge in [-0.2, -0.15) is 13.2 Å². The molecule has 0 radical (unpaired) electrons. The molecule has 0 bridgehead atoms. The van der Waals surface area contributed by atoms with E-state index in [1.54, 1.807) is 13.0 Å². The zero-order chi connectivity index (χ0) is 29.1. The molecule has 1 saturated carbocycles. The molecule has 0 heterocycles. The van der Waals surface area contributed by atoms with Crippen molar-refractivity contribution in [2.24, 2.45) is 17.3 Å². The Kier molecular flexibility index (Phi) is 12.9. The minimum Gasteiger partial charge on any atom is -0.491 e. The Hall–Kier alpha value is -2.44. The van der Waals surface area contributed by atoms with Crippen LogP contribution >= 0.6 is 0 Å². The molecule has 1 aromatic rings. The maximum atomic E-state index is 12.8.